The van der Waals surface area contributed by atoms with Gasteiger partial charge in [0, 0.05) is 12.0 Å². The topological polar surface area (TPSA) is 46.2 Å². The zero-order chi connectivity index (χ0) is 14.0. The Morgan fingerprint density at radius 3 is 2.74 bits per heavy atom. The maximum atomic E-state index is 10.7. The maximum Gasteiger partial charge on any atom is 0.0858 e. The molecule has 0 amide bonds. The Kier molecular flexibility index (Phi) is 4.78. The molecule has 4 heteroatoms. The molecular weight excluding hydrogens is 281 g/mol. The van der Waals surface area contributed by atoms with Gasteiger partial charge in [-0.05, 0) is 36.5 Å². The molecule has 19 heavy (non-hydrogen) atoms. The summed E-state index contributed by atoms with van der Waals surface area (Å²) >= 11 is 12.0. The lowest BCUT2D eigenvalue weighted by Gasteiger charge is -2.43. The van der Waals surface area contributed by atoms with Gasteiger partial charge >= 0.3 is 0 Å². The highest BCUT2D eigenvalue weighted by Crippen LogP contribution is 2.47. The van der Waals surface area contributed by atoms with Crippen molar-refractivity contribution in [2.75, 3.05) is 6.54 Å². The number of hydrogen-bond donors (Lipinski definition) is 2. The van der Waals surface area contributed by atoms with E-state index in [-0.39, 0.29) is 5.41 Å². The molecule has 1 aromatic rings. The first kappa shape index (κ1) is 15.1. The van der Waals surface area contributed by atoms with Crippen molar-refractivity contribution in [3.8, 4) is 0 Å². The van der Waals surface area contributed by atoms with Gasteiger partial charge in [0.1, 0.15) is 0 Å². The maximum absolute atomic E-state index is 10.7. The summed E-state index contributed by atoms with van der Waals surface area (Å²) in [5.41, 5.74) is 6.57. The van der Waals surface area contributed by atoms with Crippen molar-refractivity contribution in [1.82, 2.24) is 0 Å². The summed E-state index contributed by atoms with van der Waals surface area (Å²) in [6.45, 7) is 2.73. The smallest absolute Gasteiger partial charge is 0.0858 e. The van der Waals surface area contributed by atoms with Crippen molar-refractivity contribution in [2.24, 2.45) is 17.1 Å². The van der Waals surface area contributed by atoms with Gasteiger partial charge in [0.2, 0.25) is 0 Å². The van der Waals surface area contributed by atoms with Crippen molar-refractivity contribution in [3.05, 3.63) is 33.8 Å². The number of aliphatic hydroxyl groups excluding tert-OH is 1. The predicted octanol–water partition coefficient (Wildman–Crippen LogP) is 4.18. The molecule has 1 saturated carbocycles. The van der Waals surface area contributed by atoms with Crippen LogP contribution in [0.15, 0.2) is 18.2 Å². The summed E-state index contributed by atoms with van der Waals surface area (Å²) in [5.74, 6) is 0.606. The minimum atomic E-state index is -0.574. The molecule has 0 aromatic heterocycles. The average Bonchev–Trinajstić information content (AvgIpc) is 2.41. The number of rotatable bonds is 3. The van der Waals surface area contributed by atoms with Crippen molar-refractivity contribution in [3.63, 3.8) is 0 Å². The molecule has 2 rings (SSSR count). The van der Waals surface area contributed by atoms with Crippen LogP contribution in [-0.2, 0) is 0 Å². The zero-order valence-electron chi connectivity index (χ0n) is 11.2. The van der Waals surface area contributed by atoms with Crippen LogP contribution in [0.1, 0.15) is 44.3 Å². The van der Waals surface area contributed by atoms with Gasteiger partial charge in [-0.1, -0.05) is 49.0 Å². The molecule has 1 aliphatic rings. The van der Waals surface area contributed by atoms with Crippen molar-refractivity contribution < 1.29 is 5.11 Å². The lowest BCUT2D eigenvalue weighted by atomic mass is 9.65. The lowest BCUT2D eigenvalue weighted by molar-refractivity contribution is -0.0130. The van der Waals surface area contributed by atoms with Gasteiger partial charge in [-0.2, -0.15) is 0 Å². The third-order valence-corrected chi connectivity index (χ3v) is 5.11. The molecule has 3 unspecified atom stereocenters. The largest absolute Gasteiger partial charge is 0.388 e. The summed E-state index contributed by atoms with van der Waals surface area (Å²) in [6, 6.07) is 5.33. The molecule has 0 bridgehead atoms. The fraction of sp³-hybridized carbons (Fsp3) is 0.600. The Hall–Kier alpha value is -0.280. The number of nitrogens with two attached hydrogens (primary N) is 1. The minimum absolute atomic E-state index is 0.227. The van der Waals surface area contributed by atoms with E-state index < -0.39 is 6.10 Å². The van der Waals surface area contributed by atoms with Crippen LogP contribution in [0, 0.1) is 11.3 Å². The Labute approximate surface area is 124 Å². The molecule has 3 atom stereocenters. The van der Waals surface area contributed by atoms with Crippen LogP contribution in [0.5, 0.6) is 0 Å². The average molecular weight is 302 g/mol. The highest BCUT2D eigenvalue weighted by atomic mass is 35.5. The van der Waals surface area contributed by atoms with Crippen LogP contribution in [0.25, 0.3) is 0 Å². The van der Waals surface area contributed by atoms with E-state index in [1.165, 1.54) is 6.42 Å². The summed E-state index contributed by atoms with van der Waals surface area (Å²) in [4.78, 5) is 0. The van der Waals surface area contributed by atoms with Gasteiger partial charge in [-0.25, -0.2) is 0 Å². The van der Waals surface area contributed by atoms with Crippen LogP contribution < -0.4 is 5.73 Å². The zero-order valence-corrected chi connectivity index (χ0v) is 12.7. The molecule has 0 saturated heterocycles. The standard InChI is InChI=1S/C15H21Cl2NO/c1-10-3-2-6-15(8-10,9-18)14(19)11-4-5-12(16)13(17)7-11/h4-5,7,10,14,19H,2-3,6,8-9,18H2,1H3. The second-order valence-corrected chi connectivity index (χ2v) is 6.66. The lowest BCUT2D eigenvalue weighted by Crippen LogP contribution is -2.40. The van der Waals surface area contributed by atoms with E-state index in [9.17, 15) is 5.11 Å². The fourth-order valence-electron chi connectivity index (χ4n) is 3.28. The van der Waals surface area contributed by atoms with Gasteiger partial charge in [0.25, 0.3) is 0 Å². The molecule has 0 radical (unpaired) electrons. The van der Waals surface area contributed by atoms with Crippen LogP contribution in [0.2, 0.25) is 10.0 Å². The molecule has 1 fully saturated rings. The summed E-state index contributed by atoms with van der Waals surface area (Å²) in [6.07, 6.45) is 3.70. The van der Waals surface area contributed by atoms with Crippen LogP contribution in [-0.4, -0.2) is 11.7 Å². The minimum Gasteiger partial charge on any atom is -0.388 e. The molecule has 3 N–H and O–H groups in total. The Morgan fingerprint density at radius 2 is 2.16 bits per heavy atom. The second-order valence-electron chi connectivity index (χ2n) is 5.84. The highest BCUT2D eigenvalue weighted by Gasteiger charge is 2.40. The summed E-state index contributed by atoms with van der Waals surface area (Å²) < 4.78 is 0. The molecule has 0 heterocycles. The van der Waals surface area contributed by atoms with Crippen molar-refractivity contribution >= 4 is 23.2 Å². The van der Waals surface area contributed by atoms with Crippen LogP contribution in [0.4, 0.5) is 0 Å². The van der Waals surface area contributed by atoms with Gasteiger partial charge in [0.05, 0.1) is 16.1 Å². The van der Waals surface area contributed by atoms with E-state index in [0.29, 0.717) is 22.5 Å². The first-order chi connectivity index (χ1) is 8.98. The first-order valence-corrected chi connectivity index (χ1v) is 7.57. The Bertz CT molecular complexity index is 452. The quantitative estimate of drug-likeness (QED) is 0.879. The van der Waals surface area contributed by atoms with E-state index in [1.807, 2.05) is 6.07 Å². The van der Waals surface area contributed by atoms with Gasteiger partial charge < -0.3 is 10.8 Å². The third-order valence-electron chi connectivity index (χ3n) is 4.37. The van der Waals surface area contributed by atoms with Crippen molar-refractivity contribution in [1.29, 1.82) is 0 Å². The van der Waals surface area contributed by atoms with E-state index in [4.69, 9.17) is 28.9 Å². The monoisotopic (exact) mass is 301 g/mol. The van der Waals surface area contributed by atoms with Gasteiger partial charge in [0.15, 0.2) is 0 Å². The highest BCUT2D eigenvalue weighted by molar-refractivity contribution is 6.42. The Morgan fingerprint density at radius 1 is 1.42 bits per heavy atom. The molecule has 1 aliphatic carbocycles. The molecule has 0 spiro atoms. The molecule has 0 aliphatic heterocycles. The SMILES string of the molecule is CC1CCCC(CN)(C(O)c2ccc(Cl)c(Cl)c2)C1. The van der Waals surface area contributed by atoms with E-state index in [1.54, 1.807) is 12.1 Å². The van der Waals surface area contributed by atoms with E-state index in [0.717, 1.165) is 24.8 Å². The molecule has 2 nitrogen and oxygen atoms in total. The normalized spacial score (nSPS) is 29.2. The second kappa shape index (κ2) is 6.01. The van der Waals surface area contributed by atoms with Crippen molar-refractivity contribution in [2.45, 2.75) is 38.7 Å². The van der Waals surface area contributed by atoms with E-state index in [2.05, 4.69) is 6.92 Å². The Balaban J connectivity index is 2.29. The first-order valence-electron chi connectivity index (χ1n) is 6.81. The molecular formula is C15H21Cl2NO. The summed E-state index contributed by atoms with van der Waals surface area (Å²) in [5, 5.41) is 11.7. The fourth-order valence-corrected chi connectivity index (χ4v) is 3.59. The predicted molar refractivity (Wildman–Crippen MR) is 80.5 cm³/mol. The molecule has 106 valence electrons. The molecule has 1 aromatic carbocycles. The third kappa shape index (κ3) is 3.08. The van der Waals surface area contributed by atoms with Crippen LogP contribution in [0.3, 0.4) is 0 Å². The van der Waals surface area contributed by atoms with Gasteiger partial charge in [-0.15, -0.1) is 0 Å². The summed E-state index contributed by atoms with van der Waals surface area (Å²) in [7, 11) is 0. The number of hydrogen-bond acceptors (Lipinski definition) is 2. The van der Waals surface area contributed by atoms with Gasteiger partial charge in [-0.3, -0.25) is 0 Å². The number of benzene rings is 1. The van der Waals surface area contributed by atoms with Crippen LogP contribution >= 0.6 is 23.2 Å². The number of halogens is 2. The van der Waals surface area contributed by atoms with E-state index >= 15 is 0 Å². The number of aliphatic hydroxyl groups is 1.